The maximum Gasteiger partial charge on any atom is 0.248 e. The molecule has 8 heteroatoms. The Bertz CT molecular complexity index is 692. The van der Waals surface area contributed by atoms with E-state index >= 15 is 0 Å². The van der Waals surface area contributed by atoms with Gasteiger partial charge >= 0.3 is 0 Å². The van der Waals surface area contributed by atoms with Crippen LogP contribution in [-0.4, -0.2) is 80.5 Å². The van der Waals surface area contributed by atoms with Gasteiger partial charge in [0.15, 0.2) is 0 Å². The lowest BCUT2D eigenvalue weighted by atomic mass is 9.80. The predicted molar refractivity (Wildman–Crippen MR) is 94.2 cm³/mol. The fraction of sp³-hybridized carbons (Fsp3) is 0.722. The molecule has 0 saturated carbocycles. The Labute approximate surface area is 153 Å². The van der Waals surface area contributed by atoms with Gasteiger partial charge in [-0.25, -0.2) is 9.97 Å². The highest BCUT2D eigenvalue weighted by Gasteiger charge is 2.46. The van der Waals surface area contributed by atoms with Crippen molar-refractivity contribution in [2.45, 2.75) is 25.4 Å². The summed E-state index contributed by atoms with van der Waals surface area (Å²) < 4.78 is 16.4. The van der Waals surface area contributed by atoms with Gasteiger partial charge < -0.3 is 24.0 Å². The van der Waals surface area contributed by atoms with Crippen molar-refractivity contribution in [3.8, 4) is 0 Å². The number of carbonyl (C=O) groups excluding carboxylic acids is 1. The summed E-state index contributed by atoms with van der Waals surface area (Å²) >= 11 is 0. The van der Waals surface area contributed by atoms with Crippen LogP contribution in [0.4, 0.5) is 5.95 Å². The van der Waals surface area contributed by atoms with E-state index in [0.717, 1.165) is 42.4 Å². The summed E-state index contributed by atoms with van der Waals surface area (Å²) in [6, 6.07) is 0. The van der Waals surface area contributed by atoms with E-state index in [-0.39, 0.29) is 17.9 Å². The van der Waals surface area contributed by atoms with E-state index in [9.17, 15) is 4.79 Å². The van der Waals surface area contributed by atoms with E-state index in [1.807, 2.05) is 11.8 Å². The third kappa shape index (κ3) is 3.06. The summed E-state index contributed by atoms with van der Waals surface area (Å²) in [5, 5.41) is 0. The monoisotopic (exact) mass is 362 g/mol. The predicted octanol–water partition coefficient (Wildman–Crippen LogP) is 0.268. The minimum atomic E-state index is -0.244. The number of ether oxygens (including phenoxy) is 3. The van der Waals surface area contributed by atoms with E-state index in [4.69, 9.17) is 24.2 Å². The van der Waals surface area contributed by atoms with Crippen molar-refractivity contribution in [2.24, 2.45) is 0 Å². The van der Waals surface area contributed by atoms with E-state index in [2.05, 4.69) is 4.90 Å². The molecule has 3 aliphatic rings. The molecule has 3 aliphatic heterocycles. The number of amides is 1. The van der Waals surface area contributed by atoms with Crippen molar-refractivity contribution >= 4 is 11.9 Å². The average Bonchev–Trinajstić information content (AvgIpc) is 3.08. The standard InChI is InChI=1S/C18H26N4O4/c1-13-14-9-26-12-18(3-4-22(11-18)15(23)10-24-2)16(14)20-17(19-13)21-5-7-25-8-6-21/h3-12H2,1-2H3/t18-/m0/s1. The molecule has 1 amide bonds. The molecule has 0 N–H and O–H groups in total. The van der Waals surface area contributed by atoms with Gasteiger partial charge in [-0.1, -0.05) is 0 Å². The van der Waals surface area contributed by atoms with Gasteiger partial charge in [0.05, 0.1) is 37.5 Å². The quantitative estimate of drug-likeness (QED) is 0.764. The van der Waals surface area contributed by atoms with Crippen LogP contribution in [0.3, 0.4) is 0 Å². The lowest BCUT2D eigenvalue weighted by Crippen LogP contribution is -2.44. The lowest BCUT2D eigenvalue weighted by Gasteiger charge is -2.36. The smallest absolute Gasteiger partial charge is 0.248 e. The van der Waals surface area contributed by atoms with Gasteiger partial charge in [0.2, 0.25) is 11.9 Å². The molecular formula is C18H26N4O4. The largest absolute Gasteiger partial charge is 0.378 e. The van der Waals surface area contributed by atoms with Crippen molar-refractivity contribution in [3.05, 3.63) is 17.0 Å². The number of fused-ring (bicyclic) bond motifs is 2. The first-order valence-corrected chi connectivity index (χ1v) is 9.18. The third-order valence-electron chi connectivity index (χ3n) is 5.60. The van der Waals surface area contributed by atoms with Crippen LogP contribution >= 0.6 is 0 Å². The van der Waals surface area contributed by atoms with E-state index < -0.39 is 0 Å². The van der Waals surface area contributed by atoms with Gasteiger partial charge in [0.1, 0.15) is 6.61 Å². The zero-order valence-electron chi connectivity index (χ0n) is 15.5. The molecule has 2 fully saturated rings. The SMILES string of the molecule is COCC(=O)N1CC[C@@]2(COCc3c(C)nc(N4CCOCC4)nc32)C1. The van der Waals surface area contributed by atoms with Gasteiger partial charge in [-0.05, 0) is 13.3 Å². The molecule has 4 heterocycles. The summed E-state index contributed by atoms with van der Waals surface area (Å²) in [5.74, 6) is 0.795. The first-order chi connectivity index (χ1) is 12.6. The minimum Gasteiger partial charge on any atom is -0.378 e. The maximum atomic E-state index is 12.3. The molecule has 8 nitrogen and oxygen atoms in total. The number of nitrogens with zero attached hydrogens (tertiary/aromatic N) is 4. The van der Waals surface area contributed by atoms with Crippen LogP contribution in [0.2, 0.25) is 0 Å². The Morgan fingerprint density at radius 2 is 2.04 bits per heavy atom. The van der Waals surface area contributed by atoms with Crippen molar-refractivity contribution in [1.82, 2.24) is 14.9 Å². The first-order valence-electron chi connectivity index (χ1n) is 9.18. The Balaban J connectivity index is 1.66. The molecule has 0 radical (unpaired) electrons. The molecule has 2 saturated heterocycles. The summed E-state index contributed by atoms with van der Waals surface area (Å²) in [5.41, 5.74) is 2.86. The fourth-order valence-electron chi connectivity index (χ4n) is 4.13. The molecule has 1 aromatic heterocycles. The molecule has 0 aromatic carbocycles. The van der Waals surface area contributed by atoms with Crippen LogP contribution in [0.15, 0.2) is 0 Å². The van der Waals surface area contributed by atoms with Gasteiger partial charge in [-0.15, -0.1) is 0 Å². The molecule has 4 rings (SSSR count). The number of rotatable bonds is 3. The number of morpholine rings is 1. The number of aromatic nitrogens is 2. The first kappa shape index (κ1) is 17.6. The molecule has 26 heavy (non-hydrogen) atoms. The van der Waals surface area contributed by atoms with Crippen LogP contribution in [-0.2, 0) is 31.0 Å². The fourth-order valence-corrected chi connectivity index (χ4v) is 4.13. The highest BCUT2D eigenvalue weighted by Crippen LogP contribution is 2.40. The summed E-state index contributed by atoms with van der Waals surface area (Å²) in [7, 11) is 1.55. The van der Waals surface area contributed by atoms with Crippen molar-refractivity contribution < 1.29 is 19.0 Å². The second-order valence-electron chi connectivity index (χ2n) is 7.31. The van der Waals surface area contributed by atoms with Gasteiger partial charge in [0.25, 0.3) is 0 Å². The second kappa shape index (κ2) is 7.09. The second-order valence-corrected chi connectivity index (χ2v) is 7.31. The minimum absolute atomic E-state index is 0.0238. The van der Waals surface area contributed by atoms with E-state index in [1.165, 1.54) is 0 Å². The molecule has 1 spiro atoms. The van der Waals surface area contributed by atoms with Crippen LogP contribution in [0.5, 0.6) is 0 Å². The molecule has 142 valence electrons. The number of likely N-dealkylation sites (tertiary alicyclic amines) is 1. The molecular weight excluding hydrogens is 336 g/mol. The topological polar surface area (TPSA) is 77.0 Å². The number of hydrogen-bond donors (Lipinski definition) is 0. The number of anilines is 1. The van der Waals surface area contributed by atoms with Gasteiger partial charge in [-0.3, -0.25) is 4.79 Å². The van der Waals surface area contributed by atoms with Crippen molar-refractivity contribution in [3.63, 3.8) is 0 Å². The zero-order chi connectivity index (χ0) is 18.1. The van der Waals surface area contributed by atoms with Crippen LogP contribution in [0.1, 0.15) is 23.4 Å². The molecule has 1 aromatic rings. The Morgan fingerprint density at radius 3 is 2.81 bits per heavy atom. The number of hydrogen-bond acceptors (Lipinski definition) is 7. The Kier molecular flexibility index (Phi) is 4.81. The number of aryl methyl sites for hydroxylation is 1. The lowest BCUT2D eigenvalue weighted by molar-refractivity contribution is -0.134. The number of carbonyl (C=O) groups is 1. The van der Waals surface area contributed by atoms with Gasteiger partial charge in [0, 0.05) is 44.5 Å². The Hall–Kier alpha value is -1.77. The summed E-state index contributed by atoms with van der Waals surface area (Å²) in [6.07, 6.45) is 0.856. The molecule has 1 atom stereocenters. The molecule has 0 unspecified atom stereocenters. The summed E-state index contributed by atoms with van der Waals surface area (Å²) in [6.45, 7) is 7.62. The van der Waals surface area contributed by atoms with Crippen molar-refractivity contribution in [2.75, 3.05) is 64.6 Å². The van der Waals surface area contributed by atoms with Gasteiger partial charge in [-0.2, -0.15) is 0 Å². The highest BCUT2D eigenvalue weighted by molar-refractivity contribution is 5.78. The summed E-state index contributed by atoms with van der Waals surface area (Å²) in [4.78, 5) is 26.0. The molecule has 0 bridgehead atoms. The third-order valence-corrected chi connectivity index (χ3v) is 5.60. The van der Waals surface area contributed by atoms with Crippen LogP contribution in [0, 0.1) is 6.92 Å². The number of methoxy groups -OCH3 is 1. The van der Waals surface area contributed by atoms with E-state index in [0.29, 0.717) is 39.5 Å². The highest BCUT2D eigenvalue weighted by atomic mass is 16.5. The van der Waals surface area contributed by atoms with Crippen molar-refractivity contribution in [1.29, 1.82) is 0 Å². The zero-order valence-corrected chi connectivity index (χ0v) is 15.5. The van der Waals surface area contributed by atoms with Crippen LogP contribution < -0.4 is 4.90 Å². The molecule has 0 aliphatic carbocycles. The van der Waals surface area contributed by atoms with Crippen LogP contribution in [0.25, 0.3) is 0 Å². The maximum absolute atomic E-state index is 12.3. The normalized spacial score (nSPS) is 25.6. The Morgan fingerprint density at radius 1 is 1.23 bits per heavy atom. The average molecular weight is 362 g/mol. The van der Waals surface area contributed by atoms with E-state index in [1.54, 1.807) is 7.11 Å².